The number of aryl methyl sites for hydroxylation is 2. The molecule has 3 rings (SSSR count). The minimum Gasteiger partial charge on any atom is -0.338 e. The van der Waals surface area contributed by atoms with Gasteiger partial charge in [0.2, 0.25) is 0 Å². The number of nitrogens with two attached hydrogens (primary N) is 1. The quantitative estimate of drug-likeness (QED) is 0.791. The molecule has 98 valence electrons. The molecule has 0 bridgehead atoms. The molecule has 0 aliphatic heterocycles. The summed E-state index contributed by atoms with van der Waals surface area (Å²) < 4.78 is 3.36. The maximum atomic E-state index is 6.30. The van der Waals surface area contributed by atoms with Crippen LogP contribution in [0.4, 0.5) is 0 Å². The summed E-state index contributed by atoms with van der Waals surface area (Å²) >= 11 is 1.79. The lowest BCUT2D eigenvalue weighted by molar-refractivity contribution is 0.629. The van der Waals surface area contributed by atoms with E-state index in [2.05, 4.69) is 39.9 Å². The number of rotatable bonds is 4. The lowest BCUT2D eigenvalue weighted by atomic mass is 10.1. The average molecular weight is 271 g/mol. The number of imidazole rings is 1. The Balaban J connectivity index is 1.73. The van der Waals surface area contributed by atoms with E-state index in [1.165, 1.54) is 15.0 Å². The first-order valence-electron chi connectivity index (χ1n) is 6.44. The van der Waals surface area contributed by atoms with Crippen LogP contribution in [0.3, 0.4) is 0 Å². The number of hydrogen-bond acceptors (Lipinski definition) is 3. The SMILES string of the molecule is Cn1ccnc1CCC(N)c1cc2ccccc2s1. The normalized spacial score (nSPS) is 12.9. The molecule has 2 heterocycles. The molecule has 2 N–H and O–H groups in total. The standard InChI is InChI=1S/C15H17N3S/c1-18-9-8-17-15(18)7-6-12(16)14-10-11-4-2-3-5-13(11)19-14/h2-5,8-10,12H,6-7,16H2,1H3. The number of benzene rings is 1. The lowest BCUT2D eigenvalue weighted by Crippen LogP contribution is -2.11. The van der Waals surface area contributed by atoms with Crippen LogP contribution in [0.5, 0.6) is 0 Å². The number of thiophene rings is 1. The van der Waals surface area contributed by atoms with Crippen molar-refractivity contribution >= 4 is 21.4 Å². The Kier molecular flexibility index (Phi) is 3.36. The van der Waals surface area contributed by atoms with Crippen LogP contribution in [0.25, 0.3) is 10.1 Å². The minimum absolute atomic E-state index is 0.0918. The minimum atomic E-state index is 0.0918. The van der Waals surface area contributed by atoms with Gasteiger partial charge in [-0.15, -0.1) is 11.3 Å². The molecule has 1 unspecified atom stereocenters. The molecule has 0 fully saturated rings. The van der Waals surface area contributed by atoms with Crippen LogP contribution < -0.4 is 5.73 Å². The van der Waals surface area contributed by atoms with Crippen molar-refractivity contribution in [1.29, 1.82) is 0 Å². The summed E-state index contributed by atoms with van der Waals surface area (Å²) in [5.74, 6) is 1.09. The van der Waals surface area contributed by atoms with Gasteiger partial charge in [0, 0.05) is 41.5 Å². The van der Waals surface area contributed by atoms with Crippen molar-refractivity contribution in [2.75, 3.05) is 0 Å². The lowest BCUT2D eigenvalue weighted by Gasteiger charge is -2.08. The zero-order valence-corrected chi connectivity index (χ0v) is 11.7. The van der Waals surface area contributed by atoms with Gasteiger partial charge < -0.3 is 10.3 Å². The third-order valence-corrected chi connectivity index (χ3v) is 4.66. The van der Waals surface area contributed by atoms with Gasteiger partial charge in [0.25, 0.3) is 0 Å². The van der Waals surface area contributed by atoms with E-state index in [0.717, 1.165) is 18.7 Å². The van der Waals surface area contributed by atoms with Gasteiger partial charge in [0.15, 0.2) is 0 Å². The van der Waals surface area contributed by atoms with E-state index in [4.69, 9.17) is 5.73 Å². The number of nitrogens with zero attached hydrogens (tertiary/aromatic N) is 2. The van der Waals surface area contributed by atoms with E-state index < -0.39 is 0 Å². The van der Waals surface area contributed by atoms with E-state index in [0.29, 0.717) is 0 Å². The first-order chi connectivity index (χ1) is 9.24. The smallest absolute Gasteiger partial charge is 0.108 e. The Hall–Kier alpha value is -1.65. The number of aromatic nitrogens is 2. The summed E-state index contributed by atoms with van der Waals surface area (Å²) in [5.41, 5.74) is 6.30. The van der Waals surface area contributed by atoms with Crippen molar-refractivity contribution in [1.82, 2.24) is 9.55 Å². The number of hydrogen-bond donors (Lipinski definition) is 1. The van der Waals surface area contributed by atoms with Crippen LogP contribution in [-0.2, 0) is 13.5 Å². The number of fused-ring (bicyclic) bond motifs is 1. The van der Waals surface area contributed by atoms with Crippen molar-refractivity contribution in [2.45, 2.75) is 18.9 Å². The highest BCUT2D eigenvalue weighted by Crippen LogP contribution is 2.30. The highest BCUT2D eigenvalue weighted by Gasteiger charge is 2.11. The van der Waals surface area contributed by atoms with E-state index >= 15 is 0 Å². The second-order valence-electron chi connectivity index (χ2n) is 4.79. The highest BCUT2D eigenvalue weighted by atomic mass is 32.1. The van der Waals surface area contributed by atoms with E-state index in [9.17, 15) is 0 Å². The van der Waals surface area contributed by atoms with Crippen LogP contribution in [0.2, 0.25) is 0 Å². The fourth-order valence-corrected chi connectivity index (χ4v) is 3.35. The molecule has 0 spiro atoms. The molecule has 1 aromatic carbocycles. The van der Waals surface area contributed by atoms with E-state index in [1.807, 2.05) is 19.4 Å². The predicted octanol–water partition coefficient (Wildman–Crippen LogP) is 3.27. The van der Waals surface area contributed by atoms with Gasteiger partial charge >= 0.3 is 0 Å². The second kappa shape index (κ2) is 5.15. The van der Waals surface area contributed by atoms with Crippen molar-refractivity contribution < 1.29 is 0 Å². The predicted molar refractivity (Wildman–Crippen MR) is 80.3 cm³/mol. The Morgan fingerprint density at radius 3 is 2.95 bits per heavy atom. The topological polar surface area (TPSA) is 43.8 Å². The van der Waals surface area contributed by atoms with Crippen LogP contribution in [-0.4, -0.2) is 9.55 Å². The molecule has 0 amide bonds. The molecule has 4 heteroatoms. The molecular formula is C15H17N3S. The molecule has 19 heavy (non-hydrogen) atoms. The average Bonchev–Trinajstić information content (AvgIpc) is 3.01. The molecule has 2 aromatic heterocycles. The summed E-state index contributed by atoms with van der Waals surface area (Å²) in [4.78, 5) is 5.59. The Morgan fingerprint density at radius 1 is 1.37 bits per heavy atom. The summed E-state index contributed by atoms with van der Waals surface area (Å²) in [5, 5.41) is 1.29. The third kappa shape index (κ3) is 2.55. The van der Waals surface area contributed by atoms with Crippen LogP contribution in [0.1, 0.15) is 23.2 Å². The fourth-order valence-electron chi connectivity index (χ4n) is 2.25. The fraction of sp³-hybridized carbons (Fsp3) is 0.267. The largest absolute Gasteiger partial charge is 0.338 e. The molecule has 0 saturated carbocycles. The Bertz CT molecular complexity index is 650. The molecule has 0 aliphatic carbocycles. The summed E-state index contributed by atoms with van der Waals surface area (Å²) in [7, 11) is 2.02. The van der Waals surface area contributed by atoms with E-state index in [1.54, 1.807) is 11.3 Å². The van der Waals surface area contributed by atoms with Crippen molar-refractivity contribution in [3.8, 4) is 0 Å². The van der Waals surface area contributed by atoms with Crippen LogP contribution in [0, 0.1) is 0 Å². The van der Waals surface area contributed by atoms with E-state index in [-0.39, 0.29) is 6.04 Å². The molecule has 0 radical (unpaired) electrons. The molecule has 3 nitrogen and oxygen atoms in total. The van der Waals surface area contributed by atoms with Crippen LogP contribution in [0.15, 0.2) is 42.7 Å². The Labute approximate surface area is 116 Å². The molecular weight excluding hydrogens is 254 g/mol. The summed E-state index contributed by atoms with van der Waals surface area (Å²) in [6, 6.07) is 10.7. The molecule has 3 aromatic rings. The van der Waals surface area contributed by atoms with Crippen molar-refractivity contribution in [3.63, 3.8) is 0 Å². The maximum Gasteiger partial charge on any atom is 0.108 e. The first kappa shape index (κ1) is 12.4. The first-order valence-corrected chi connectivity index (χ1v) is 7.26. The zero-order chi connectivity index (χ0) is 13.2. The third-order valence-electron chi connectivity index (χ3n) is 3.41. The van der Waals surface area contributed by atoms with Gasteiger partial charge in [0.1, 0.15) is 5.82 Å². The molecule has 1 atom stereocenters. The highest BCUT2D eigenvalue weighted by molar-refractivity contribution is 7.19. The Morgan fingerprint density at radius 2 is 2.21 bits per heavy atom. The summed E-state index contributed by atoms with van der Waals surface area (Å²) in [6.07, 6.45) is 5.65. The van der Waals surface area contributed by atoms with Crippen molar-refractivity contribution in [3.05, 3.63) is 53.4 Å². The van der Waals surface area contributed by atoms with Gasteiger partial charge in [-0.3, -0.25) is 0 Å². The maximum absolute atomic E-state index is 6.30. The monoisotopic (exact) mass is 271 g/mol. The van der Waals surface area contributed by atoms with Crippen molar-refractivity contribution in [2.24, 2.45) is 12.8 Å². The molecule has 0 aliphatic rings. The molecule has 0 saturated heterocycles. The van der Waals surface area contributed by atoms with Gasteiger partial charge in [-0.05, 0) is 23.9 Å². The second-order valence-corrected chi connectivity index (χ2v) is 5.90. The zero-order valence-electron chi connectivity index (χ0n) is 10.9. The van der Waals surface area contributed by atoms with Gasteiger partial charge in [-0.1, -0.05) is 18.2 Å². The van der Waals surface area contributed by atoms with Crippen LogP contribution >= 0.6 is 11.3 Å². The van der Waals surface area contributed by atoms with Gasteiger partial charge in [-0.25, -0.2) is 4.98 Å². The summed E-state index contributed by atoms with van der Waals surface area (Å²) in [6.45, 7) is 0. The van der Waals surface area contributed by atoms with Gasteiger partial charge in [-0.2, -0.15) is 0 Å². The van der Waals surface area contributed by atoms with Gasteiger partial charge in [0.05, 0.1) is 0 Å².